The van der Waals surface area contributed by atoms with Crippen molar-refractivity contribution in [3.05, 3.63) is 85.7 Å². The quantitative estimate of drug-likeness (QED) is 0.381. The van der Waals surface area contributed by atoms with E-state index in [4.69, 9.17) is 16.2 Å². The largest absolute Gasteiger partial charge is 0.457 e. The lowest BCUT2D eigenvalue weighted by molar-refractivity contribution is 0.408. The summed E-state index contributed by atoms with van der Waals surface area (Å²) in [5.41, 5.74) is 14.2. The standard InChI is InChI=1S/C22H22N4O.C4H5N3/c1-22(2,3)26-13-18(19-20(23)24-14-25-21(19)26)15-9-11-17(12-10-15)27-16-7-5-4-6-8-16;5-4-1-2-6-3-7-4/h4-14H,1-3H3,(H2,23,24,25);1-3H,(H2,5,6,7). The summed E-state index contributed by atoms with van der Waals surface area (Å²) >= 11 is 0. The van der Waals surface area contributed by atoms with Crippen LogP contribution in [0.15, 0.2) is 85.7 Å². The highest BCUT2D eigenvalue weighted by atomic mass is 16.5. The number of para-hydroxylation sites is 1. The van der Waals surface area contributed by atoms with Crippen LogP contribution >= 0.6 is 0 Å². The van der Waals surface area contributed by atoms with Gasteiger partial charge in [-0.25, -0.2) is 19.9 Å². The SMILES string of the molecule is CC(C)(C)n1cc(-c2ccc(Oc3ccccc3)cc2)c2c(N)ncnc21.Nc1ccncn1. The Kier molecular flexibility index (Phi) is 6.40. The van der Waals surface area contributed by atoms with E-state index in [0.717, 1.165) is 33.7 Å². The molecule has 2 aromatic carbocycles. The third-order valence-corrected chi connectivity index (χ3v) is 5.08. The Morgan fingerprint density at radius 1 is 0.794 bits per heavy atom. The van der Waals surface area contributed by atoms with Gasteiger partial charge in [0.05, 0.1) is 5.39 Å². The molecule has 8 nitrogen and oxygen atoms in total. The number of rotatable bonds is 3. The van der Waals surface area contributed by atoms with E-state index in [1.165, 1.54) is 12.7 Å². The topological polar surface area (TPSA) is 118 Å². The third kappa shape index (κ3) is 5.12. The van der Waals surface area contributed by atoms with Crippen LogP contribution in [0.3, 0.4) is 0 Å². The number of anilines is 2. The van der Waals surface area contributed by atoms with Crippen molar-refractivity contribution >= 4 is 22.7 Å². The molecule has 5 rings (SSSR count). The molecule has 172 valence electrons. The highest BCUT2D eigenvalue weighted by molar-refractivity contribution is 6.00. The lowest BCUT2D eigenvalue weighted by Gasteiger charge is -2.21. The van der Waals surface area contributed by atoms with Crippen LogP contribution in [-0.2, 0) is 5.54 Å². The van der Waals surface area contributed by atoms with E-state index in [0.29, 0.717) is 11.6 Å². The molecule has 0 atom stereocenters. The average molecular weight is 454 g/mol. The number of ether oxygens (including phenoxy) is 1. The maximum atomic E-state index is 6.19. The summed E-state index contributed by atoms with van der Waals surface area (Å²) in [5.74, 6) is 2.60. The number of nitrogens with zero attached hydrogens (tertiary/aromatic N) is 5. The maximum Gasteiger partial charge on any atom is 0.146 e. The van der Waals surface area contributed by atoms with Crippen molar-refractivity contribution in [3.8, 4) is 22.6 Å². The van der Waals surface area contributed by atoms with Gasteiger partial charge in [-0.05, 0) is 56.7 Å². The molecule has 3 aromatic heterocycles. The van der Waals surface area contributed by atoms with Crippen LogP contribution in [0.1, 0.15) is 20.8 Å². The molecule has 0 bridgehead atoms. The Morgan fingerprint density at radius 2 is 1.50 bits per heavy atom. The monoisotopic (exact) mass is 453 g/mol. The highest BCUT2D eigenvalue weighted by Crippen LogP contribution is 2.36. The van der Waals surface area contributed by atoms with E-state index in [1.807, 2.05) is 54.6 Å². The fourth-order valence-corrected chi connectivity index (χ4v) is 3.44. The van der Waals surface area contributed by atoms with Gasteiger partial charge in [-0.3, -0.25) is 0 Å². The van der Waals surface area contributed by atoms with E-state index in [2.05, 4.69) is 51.5 Å². The van der Waals surface area contributed by atoms with Crippen LogP contribution in [0.2, 0.25) is 0 Å². The molecular formula is C26H27N7O. The first-order chi connectivity index (χ1) is 16.3. The van der Waals surface area contributed by atoms with Crippen LogP contribution in [0.5, 0.6) is 11.5 Å². The van der Waals surface area contributed by atoms with E-state index in [1.54, 1.807) is 12.3 Å². The Balaban J connectivity index is 0.000000336. The minimum atomic E-state index is -0.117. The Labute approximate surface area is 198 Å². The van der Waals surface area contributed by atoms with Crippen molar-refractivity contribution in [2.75, 3.05) is 11.5 Å². The molecule has 0 aliphatic rings. The summed E-state index contributed by atoms with van der Waals surface area (Å²) in [5, 5.41) is 0.879. The van der Waals surface area contributed by atoms with Crippen LogP contribution in [0.25, 0.3) is 22.2 Å². The average Bonchev–Trinajstić information content (AvgIpc) is 3.23. The number of benzene rings is 2. The number of fused-ring (bicyclic) bond motifs is 1. The Morgan fingerprint density at radius 3 is 2.09 bits per heavy atom. The molecule has 0 fully saturated rings. The van der Waals surface area contributed by atoms with Crippen LogP contribution in [0, 0.1) is 0 Å². The molecule has 3 heterocycles. The summed E-state index contributed by atoms with van der Waals surface area (Å²) in [4.78, 5) is 16.0. The van der Waals surface area contributed by atoms with Gasteiger partial charge in [0.15, 0.2) is 0 Å². The van der Waals surface area contributed by atoms with E-state index in [-0.39, 0.29) is 5.54 Å². The summed E-state index contributed by atoms with van der Waals surface area (Å²) in [6.45, 7) is 6.43. The van der Waals surface area contributed by atoms with Gasteiger partial charge in [0.25, 0.3) is 0 Å². The summed E-state index contributed by atoms with van der Waals surface area (Å²) in [6.07, 6.45) is 6.63. The van der Waals surface area contributed by atoms with Crippen molar-refractivity contribution in [3.63, 3.8) is 0 Å². The zero-order valence-corrected chi connectivity index (χ0v) is 19.4. The Hall–Kier alpha value is -4.46. The third-order valence-electron chi connectivity index (χ3n) is 5.08. The van der Waals surface area contributed by atoms with E-state index < -0.39 is 0 Å². The number of aromatic nitrogens is 5. The molecule has 0 unspecified atom stereocenters. The summed E-state index contributed by atoms with van der Waals surface area (Å²) in [7, 11) is 0. The predicted octanol–water partition coefficient (Wildman–Crippen LogP) is 5.29. The second-order valence-corrected chi connectivity index (χ2v) is 8.61. The molecule has 0 saturated heterocycles. The number of nitrogen functional groups attached to an aromatic ring is 2. The molecule has 0 aliphatic carbocycles. The zero-order chi connectivity index (χ0) is 24.1. The first-order valence-corrected chi connectivity index (χ1v) is 10.8. The minimum Gasteiger partial charge on any atom is -0.457 e. The van der Waals surface area contributed by atoms with Crippen molar-refractivity contribution in [2.24, 2.45) is 0 Å². The van der Waals surface area contributed by atoms with Crippen molar-refractivity contribution in [1.29, 1.82) is 0 Å². The second kappa shape index (κ2) is 9.58. The van der Waals surface area contributed by atoms with Gasteiger partial charge in [-0.1, -0.05) is 30.3 Å². The first-order valence-electron chi connectivity index (χ1n) is 10.8. The minimum absolute atomic E-state index is 0.117. The predicted molar refractivity (Wildman–Crippen MR) is 135 cm³/mol. The molecule has 4 N–H and O–H groups in total. The van der Waals surface area contributed by atoms with E-state index >= 15 is 0 Å². The lowest BCUT2D eigenvalue weighted by atomic mass is 10.1. The van der Waals surface area contributed by atoms with Gasteiger partial charge in [-0.15, -0.1) is 0 Å². The van der Waals surface area contributed by atoms with Gasteiger partial charge >= 0.3 is 0 Å². The van der Waals surface area contributed by atoms with Crippen molar-refractivity contribution < 1.29 is 4.74 Å². The normalized spacial score (nSPS) is 11.0. The summed E-state index contributed by atoms with van der Waals surface area (Å²) in [6, 6.07) is 19.4. The number of nitrogens with two attached hydrogens (primary N) is 2. The van der Waals surface area contributed by atoms with Gasteiger partial charge < -0.3 is 20.8 Å². The molecule has 0 saturated carbocycles. The van der Waals surface area contributed by atoms with E-state index in [9.17, 15) is 0 Å². The molecule has 0 amide bonds. The smallest absolute Gasteiger partial charge is 0.146 e. The van der Waals surface area contributed by atoms with Gasteiger partial charge in [0, 0.05) is 23.5 Å². The molecule has 8 heteroatoms. The molecule has 0 aliphatic heterocycles. The lowest BCUT2D eigenvalue weighted by Crippen LogP contribution is -2.21. The molecule has 0 spiro atoms. The maximum absolute atomic E-state index is 6.19. The van der Waals surface area contributed by atoms with Crippen LogP contribution in [-0.4, -0.2) is 24.5 Å². The highest BCUT2D eigenvalue weighted by Gasteiger charge is 2.21. The van der Waals surface area contributed by atoms with Crippen LogP contribution < -0.4 is 16.2 Å². The van der Waals surface area contributed by atoms with Gasteiger partial charge in [0.1, 0.15) is 41.4 Å². The molecule has 0 radical (unpaired) electrons. The molecule has 34 heavy (non-hydrogen) atoms. The molecular weight excluding hydrogens is 426 g/mol. The number of hydrogen-bond acceptors (Lipinski definition) is 7. The zero-order valence-electron chi connectivity index (χ0n) is 19.4. The number of hydrogen-bond donors (Lipinski definition) is 2. The van der Waals surface area contributed by atoms with Crippen molar-refractivity contribution in [2.45, 2.75) is 26.3 Å². The van der Waals surface area contributed by atoms with Gasteiger partial charge in [-0.2, -0.15) is 0 Å². The summed E-state index contributed by atoms with van der Waals surface area (Å²) < 4.78 is 8.03. The fraction of sp³-hybridized carbons (Fsp3) is 0.154. The first kappa shape index (κ1) is 22.7. The van der Waals surface area contributed by atoms with Crippen LogP contribution in [0.4, 0.5) is 11.6 Å². The fourth-order valence-electron chi connectivity index (χ4n) is 3.44. The Bertz CT molecular complexity index is 1360. The molecule has 5 aromatic rings. The van der Waals surface area contributed by atoms with Crippen molar-refractivity contribution in [1.82, 2.24) is 24.5 Å². The van der Waals surface area contributed by atoms with Gasteiger partial charge in [0.2, 0.25) is 0 Å². The second-order valence-electron chi connectivity index (χ2n) is 8.61.